The second kappa shape index (κ2) is 6.71. The number of amides is 2. The fraction of sp³-hybridized carbons (Fsp3) is 0.688. The van der Waals surface area contributed by atoms with Crippen LogP contribution in [0.1, 0.15) is 25.5 Å². The van der Waals surface area contributed by atoms with Crippen molar-refractivity contribution in [3.63, 3.8) is 0 Å². The lowest BCUT2D eigenvalue weighted by Gasteiger charge is -2.39. The first-order valence-corrected chi connectivity index (χ1v) is 8.47. The van der Waals surface area contributed by atoms with E-state index in [0.717, 1.165) is 25.1 Å². The Hall–Kier alpha value is -1.24. The molecule has 0 radical (unpaired) electrons. The summed E-state index contributed by atoms with van der Waals surface area (Å²) in [5.41, 5.74) is 0.978. The van der Waals surface area contributed by atoms with Crippen molar-refractivity contribution in [2.24, 2.45) is 13.0 Å². The summed E-state index contributed by atoms with van der Waals surface area (Å²) in [6, 6.07) is 1.82. The number of hydrogen-bond acceptors (Lipinski definition) is 3. The second-order valence-corrected chi connectivity index (χ2v) is 6.85. The number of rotatable bonds is 3. The maximum absolute atomic E-state index is 12.4. The Morgan fingerprint density at radius 2 is 2.22 bits per heavy atom. The minimum absolute atomic E-state index is 0.0476. The number of carbonyl (C=O) groups excluding carboxylic acids is 1. The first kappa shape index (κ1) is 16.6. The van der Waals surface area contributed by atoms with Gasteiger partial charge < -0.3 is 24.3 Å². The third kappa shape index (κ3) is 3.65. The highest BCUT2D eigenvalue weighted by Gasteiger charge is 2.42. The van der Waals surface area contributed by atoms with Gasteiger partial charge in [-0.1, -0.05) is 11.6 Å². The average molecular weight is 342 g/mol. The minimum atomic E-state index is -0.551. The Labute approximate surface area is 141 Å². The molecular formula is C16H24ClN3O3. The van der Waals surface area contributed by atoms with Crippen molar-refractivity contribution >= 4 is 17.6 Å². The Kier molecular flexibility index (Phi) is 4.85. The van der Waals surface area contributed by atoms with E-state index in [2.05, 4.69) is 5.32 Å². The molecule has 128 valence electrons. The monoisotopic (exact) mass is 341 g/mol. The molecule has 0 aliphatic carbocycles. The fourth-order valence-electron chi connectivity index (χ4n) is 3.38. The van der Waals surface area contributed by atoms with E-state index in [0.29, 0.717) is 31.3 Å². The Morgan fingerprint density at radius 3 is 2.87 bits per heavy atom. The van der Waals surface area contributed by atoms with Gasteiger partial charge in [-0.05, 0) is 25.8 Å². The molecule has 1 unspecified atom stereocenters. The summed E-state index contributed by atoms with van der Waals surface area (Å²) in [6.45, 7) is 5.15. The molecule has 7 heteroatoms. The van der Waals surface area contributed by atoms with Gasteiger partial charge >= 0.3 is 6.03 Å². The summed E-state index contributed by atoms with van der Waals surface area (Å²) in [7, 11) is 1.92. The predicted octanol–water partition coefficient (Wildman–Crippen LogP) is 2.36. The van der Waals surface area contributed by atoms with Crippen LogP contribution in [0.2, 0.25) is 5.02 Å². The molecule has 1 N–H and O–H groups in total. The Bertz CT molecular complexity index is 569. The zero-order chi connectivity index (χ0) is 16.4. The van der Waals surface area contributed by atoms with Gasteiger partial charge in [0.1, 0.15) is 0 Å². The number of halogens is 1. The van der Waals surface area contributed by atoms with E-state index < -0.39 is 5.79 Å². The largest absolute Gasteiger partial charge is 0.351 e. The number of aryl methyl sites for hydroxylation is 1. The van der Waals surface area contributed by atoms with Crippen LogP contribution in [-0.2, 0) is 23.1 Å². The number of ether oxygens (including phenoxy) is 2. The molecule has 0 aromatic carbocycles. The second-order valence-electron chi connectivity index (χ2n) is 6.42. The van der Waals surface area contributed by atoms with Gasteiger partial charge in [0.25, 0.3) is 0 Å². The van der Waals surface area contributed by atoms with Crippen molar-refractivity contribution in [2.75, 3.05) is 26.3 Å². The quantitative estimate of drug-likeness (QED) is 0.918. The van der Waals surface area contributed by atoms with Crippen LogP contribution in [0.3, 0.4) is 0 Å². The molecule has 0 bridgehead atoms. The maximum Gasteiger partial charge on any atom is 0.317 e. The SMILES string of the molecule is Cn1cc(Cl)cc1CNC(=O)N1CCCC(C2(C)OCCO2)C1. The highest BCUT2D eigenvalue weighted by atomic mass is 35.5. The van der Waals surface area contributed by atoms with Crippen LogP contribution in [0.5, 0.6) is 0 Å². The predicted molar refractivity (Wildman–Crippen MR) is 87.3 cm³/mol. The van der Waals surface area contributed by atoms with E-state index in [1.165, 1.54) is 0 Å². The van der Waals surface area contributed by atoms with Crippen molar-refractivity contribution in [2.45, 2.75) is 32.1 Å². The molecule has 3 heterocycles. The van der Waals surface area contributed by atoms with Crippen molar-refractivity contribution < 1.29 is 14.3 Å². The van der Waals surface area contributed by atoms with Gasteiger partial charge in [-0.15, -0.1) is 0 Å². The third-order valence-electron chi connectivity index (χ3n) is 4.81. The number of nitrogens with one attached hydrogen (secondary N) is 1. The molecule has 2 aliphatic rings. The standard InChI is InChI=1S/C16H24ClN3O3/c1-16(22-6-7-23-16)12-4-3-5-20(10-12)15(21)18-9-14-8-13(17)11-19(14)2/h8,11-12H,3-7,9-10H2,1-2H3,(H,18,21). The van der Waals surface area contributed by atoms with Crippen LogP contribution in [0.25, 0.3) is 0 Å². The topological polar surface area (TPSA) is 55.7 Å². The van der Waals surface area contributed by atoms with E-state index in [9.17, 15) is 4.79 Å². The number of carbonyl (C=O) groups is 1. The van der Waals surface area contributed by atoms with Gasteiger partial charge in [0.15, 0.2) is 5.79 Å². The van der Waals surface area contributed by atoms with Gasteiger partial charge in [-0.2, -0.15) is 0 Å². The molecular weight excluding hydrogens is 318 g/mol. The van der Waals surface area contributed by atoms with E-state index in [4.69, 9.17) is 21.1 Å². The van der Waals surface area contributed by atoms with Crippen LogP contribution in [0, 0.1) is 5.92 Å². The number of hydrogen-bond donors (Lipinski definition) is 1. The van der Waals surface area contributed by atoms with Crippen molar-refractivity contribution in [1.82, 2.24) is 14.8 Å². The summed E-state index contributed by atoms with van der Waals surface area (Å²) in [6.07, 6.45) is 3.82. The van der Waals surface area contributed by atoms with Crippen molar-refractivity contribution in [3.8, 4) is 0 Å². The average Bonchev–Trinajstić information content (AvgIpc) is 3.11. The molecule has 1 atom stereocenters. The van der Waals surface area contributed by atoms with Crippen LogP contribution in [0.15, 0.2) is 12.3 Å². The smallest absolute Gasteiger partial charge is 0.317 e. The van der Waals surface area contributed by atoms with Crippen LogP contribution >= 0.6 is 11.6 Å². The molecule has 2 saturated heterocycles. The number of piperidine rings is 1. The first-order chi connectivity index (χ1) is 11.0. The summed E-state index contributed by atoms with van der Waals surface area (Å²) in [5.74, 6) is -0.334. The fourth-order valence-corrected chi connectivity index (χ4v) is 3.65. The molecule has 0 spiro atoms. The number of nitrogens with zero attached hydrogens (tertiary/aromatic N) is 2. The van der Waals surface area contributed by atoms with Crippen LogP contribution in [0.4, 0.5) is 4.79 Å². The zero-order valence-corrected chi connectivity index (χ0v) is 14.4. The van der Waals surface area contributed by atoms with E-state index in [1.807, 2.05) is 35.7 Å². The van der Waals surface area contributed by atoms with Gasteiger partial charge in [0.2, 0.25) is 0 Å². The summed E-state index contributed by atoms with van der Waals surface area (Å²) in [4.78, 5) is 14.3. The maximum atomic E-state index is 12.4. The lowest BCUT2D eigenvalue weighted by molar-refractivity contribution is -0.189. The van der Waals surface area contributed by atoms with Gasteiger partial charge in [0, 0.05) is 37.9 Å². The Morgan fingerprint density at radius 1 is 1.48 bits per heavy atom. The molecule has 3 rings (SSSR count). The summed E-state index contributed by atoms with van der Waals surface area (Å²) >= 11 is 5.97. The van der Waals surface area contributed by atoms with E-state index >= 15 is 0 Å². The Balaban J connectivity index is 1.55. The molecule has 2 aliphatic heterocycles. The highest BCUT2D eigenvalue weighted by Crippen LogP contribution is 2.34. The molecule has 6 nitrogen and oxygen atoms in total. The molecule has 2 amide bonds. The third-order valence-corrected chi connectivity index (χ3v) is 5.01. The van der Waals surface area contributed by atoms with Gasteiger partial charge in [-0.25, -0.2) is 4.79 Å². The molecule has 23 heavy (non-hydrogen) atoms. The summed E-state index contributed by atoms with van der Waals surface area (Å²) < 4.78 is 13.4. The molecule has 0 saturated carbocycles. The highest BCUT2D eigenvalue weighted by molar-refractivity contribution is 6.30. The van der Waals surface area contributed by atoms with Crippen LogP contribution in [-0.4, -0.2) is 47.6 Å². The molecule has 1 aromatic heterocycles. The van der Waals surface area contributed by atoms with Gasteiger partial charge in [0.05, 0.1) is 24.8 Å². The van der Waals surface area contributed by atoms with Crippen molar-refractivity contribution in [1.29, 1.82) is 0 Å². The lowest BCUT2D eigenvalue weighted by atomic mass is 9.90. The normalized spacial score (nSPS) is 24.0. The minimum Gasteiger partial charge on any atom is -0.351 e. The molecule has 1 aromatic rings. The number of aromatic nitrogens is 1. The summed E-state index contributed by atoms with van der Waals surface area (Å²) in [5, 5.41) is 3.65. The zero-order valence-electron chi connectivity index (χ0n) is 13.7. The van der Waals surface area contributed by atoms with Gasteiger partial charge in [-0.3, -0.25) is 0 Å². The lowest BCUT2D eigenvalue weighted by Crippen LogP contribution is -2.51. The number of likely N-dealkylation sites (tertiary alicyclic amines) is 1. The van der Waals surface area contributed by atoms with Crippen molar-refractivity contribution in [3.05, 3.63) is 23.0 Å². The van der Waals surface area contributed by atoms with E-state index in [-0.39, 0.29) is 11.9 Å². The van der Waals surface area contributed by atoms with E-state index in [1.54, 1.807) is 0 Å². The molecule has 2 fully saturated rings. The van der Waals surface area contributed by atoms with Crippen LogP contribution < -0.4 is 5.32 Å². The first-order valence-electron chi connectivity index (χ1n) is 8.09. The number of urea groups is 1.